The molecule has 7 rings (SSSR count). The molecule has 57 heavy (non-hydrogen) atoms. The van der Waals surface area contributed by atoms with E-state index in [-0.39, 0.29) is 32.8 Å². The standard InChI is InChI=1S/C47H48N2O8/c1-2-53-47(50)40(49-51)27-38-37-25-15-16-26-39(37)48-42(38)44-46(56-31-36-23-13-6-14-24-36)45(55-30-35-21-11-5-12-22-35)43(54-29-34-19-9-4-10-20-34)41(57-44)32-52-28-33-17-7-3-8-18-33/h3-26,40-41,43-46,48H,2,27-32H2,1H3/t40?,41-,43-,44-,45+,46-/m1/s1. The van der Waals surface area contributed by atoms with Crippen LogP contribution >= 0.6 is 0 Å². The van der Waals surface area contributed by atoms with Crippen LogP contribution in [0.1, 0.15) is 46.5 Å². The van der Waals surface area contributed by atoms with Crippen LogP contribution in [0.25, 0.3) is 10.9 Å². The molecule has 0 amide bonds. The first-order valence-corrected chi connectivity index (χ1v) is 19.4. The third-order valence-electron chi connectivity index (χ3n) is 10.1. The van der Waals surface area contributed by atoms with Crippen molar-refractivity contribution in [2.45, 2.75) is 76.3 Å². The van der Waals surface area contributed by atoms with Crippen LogP contribution in [0.5, 0.6) is 0 Å². The van der Waals surface area contributed by atoms with Gasteiger partial charge in [0.2, 0.25) is 0 Å². The lowest BCUT2D eigenvalue weighted by Crippen LogP contribution is -2.58. The number of nitrogens with one attached hydrogen (secondary N) is 1. The summed E-state index contributed by atoms with van der Waals surface area (Å²) in [7, 11) is 0. The van der Waals surface area contributed by atoms with E-state index in [9.17, 15) is 9.70 Å². The minimum atomic E-state index is -1.27. The lowest BCUT2D eigenvalue weighted by molar-refractivity contribution is -0.275. The molecule has 1 fully saturated rings. The summed E-state index contributed by atoms with van der Waals surface area (Å²) >= 11 is 0. The number of ether oxygens (including phenoxy) is 6. The molecule has 5 aromatic carbocycles. The van der Waals surface area contributed by atoms with Gasteiger partial charge in [-0.1, -0.05) is 145 Å². The molecule has 0 bridgehead atoms. The number of fused-ring (bicyclic) bond motifs is 1. The monoisotopic (exact) mass is 768 g/mol. The molecule has 0 saturated carbocycles. The van der Waals surface area contributed by atoms with E-state index in [0.29, 0.717) is 24.5 Å². The number of aromatic amines is 1. The van der Waals surface area contributed by atoms with Gasteiger partial charge in [0.05, 0.1) is 45.3 Å². The summed E-state index contributed by atoms with van der Waals surface area (Å²) in [6.45, 7) is 3.22. The molecule has 0 aliphatic carbocycles. The van der Waals surface area contributed by atoms with Crippen LogP contribution in [0.3, 0.4) is 0 Å². The maximum absolute atomic E-state index is 13.0. The average molecular weight is 769 g/mol. The Morgan fingerprint density at radius 3 is 1.68 bits per heavy atom. The number of para-hydroxylation sites is 1. The Bertz CT molecular complexity index is 2130. The van der Waals surface area contributed by atoms with E-state index < -0.39 is 42.5 Å². The van der Waals surface area contributed by atoms with Crippen LogP contribution in [0.2, 0.25) is 0 Å². The zero-order valence-corrected chi connectivity index (χ0v) is 32.0. The van der Waals surface area contributed by atoms with E-state index >= 15 is 0 Å². The first-order valence-electron chi connectivity index (χ1n) is 19.4. The first kappa shape index (κ1) is 39.7. The Balaban J connectivity index is 1.32. The molecule has 6 aromatic rings. The maximum Gasteiger partial charge on any atom is 0.334 e. The van der Waals surface area contributed by atoms with Gasteiger partial charge in [-0.15, -0.1) is 4.91 Å². The van der Waals surface area contributed by atoms with Gasteiger partial charge < -0.3 is 33.4 Å². The molecule has 1 aliphatic rings. The van der Waals surface area contributed by atoms with Crippen LogP contribution in [0.4, 0.5) is 0 Å². The predicted molar refractivity (Wildman–Crippen MR) is 217 cm³/mol. The highest BCUT2D eigenvalue weighted by Gasteiger charge is 2.50. The minimum absolute atomic E-state index is 0.00834. The van der Waals surface area contributed by atoms with Crippen molar-refractivity contribution in [3.8, 4) is 0 Å². The van der Waals surface area contributed by atoms with E-state index in [1.54, 1.807) is 6.92 Å². The van der Waals surface area contributed by atoms with Gasteiger partial charge in [0, 0.05) is 17.3 Å². The van der Waals surface area contributed by atoms with E-state index in [2.05, 4.69) is 10.2 Å². The Morgan fingerprint density at radius 1 is 0.649 bits per heavy atom. The lowest BCUT2D eigenvalue weighted by atomic mass is 9.89. The third kappa shape index (κ3) is 10.3. The summed E-state index contributed by atoms with van der Waals surface area (Å²) in [5.41, 5.74) is 6.14. The molecule has 1 aromatic heterocycles. The van der Waals surface area contributed by atoms with Crippen molar-refractivity contribution in [1.29, 1.82) is 0 Å². The molecule has 10 heteroatoms. The fourth-order valence-corrected chi connectivity index (χ4v) is 7.30. The van der Waals surface area contributed by atoms with Crippen LogP contribution in [0.15, 0.2) is 151 Å². The maximum atomic E-state index is 13.0. The minimum Gasteiger partial charge on any atom is -0.464 e. The summed E-state index contributed by atoms with van der Waals surface area (Å²) in [6.07, 6.45) is -3.48. The Labute approximate surface area is 333 Å². The number of hydrogen-bond donors (Lipinski definition) is 1. The Kier molecular flexibility index (Phi) is 14.0. The smallest absolute Gasteiger partial charge is 0.334 e. The van der Waals surface area contributed by atoms with Gasteiger partial charge in [0.15, 0.2) is 6.04 Å². The highest BCUT2D eigenvalue weighted by molar-refractivity contribution is 5.86. The third-order valence-corrected chi connectivity index (χ3v) is 10.1. The number of carbonyl (C=O) groups excluding carboxylic acids is 1. The molecule has 1 unspecified atom stereocenters. The number of carbonyl (C=O) groups is 1. The fraction of sp³-hybridized carbons (Fsp3) is 0.298. The summed E-state index contributed by atoms with van der Waals surface area (Å²) < 4.78 is 39.6. The van der Waals surface area contributed by atoms with Crippen molar-refractivity contribution in [1.82, 2.24) is 4.98 Å². The van der Waals surface area contributed by atoms with Crippen molar-refractivity contribution in [2.24, 2.45) is 5.18 Å². The molecule has 10 nitrogen and oxygen atoms in total. The lowest BCUT2D eigenvalue weighted by Gasteiger charge is -2.46. The van der Waals surface area contributed by atoms with Crippen molar-refractivity contribution in [3.63, 3.8) is 0 Å². The van der Waals surface area contributed by atoms with Crippen molar-refractivity contribution < 1.29 is 33.2 Å². The summed E-state index contributed by atoms with van der Waals surface area (Å²) in [5.74, 6) is -0.684. The molecular weight excluding hydrogens is 721 g/mol. The SMILES string of the molecule is CCOC(=O)C(Cc1c([C@H]2O[C@H](COCc3ccccc3)[C@@H](OCc3ccccc3)[C@H](OCc3ccccc3)[C@@H]2OCc2ccccc2)[nH]c2ccccc12)N=O. The van der Waals surface area contributed by atoms with Gasteiger partial charge in [-0.3, -0.25) is 0 Å². The predicted octanol–water partition coefficient (Wildman–Crippen LogP) is 8.82. The number of nitrogens with zero attached hydrogens (tertiary/aromatic N) is 1. The average Bonchev–Trinajstić information content (AvgIpc) is 3.63. The molecule has 2 heterocycles. The molecule has 1 aliphatic heterocycles. The zero-order chi connectivity index (χ0) is 39.2. The normalized spacial score (nSPS) is 19.9. The second kappa shape index (κ2) is 20.1. The summed E-state index contributed by atoms with van der Waals surface area (Å²) in [4.78, 5) is 28.8. The van der Waals surface area contributed by atoms with E-state index in [1.807, 2.05) is 146 Å². The van der Waals surface area contributed by atoms with E-state index in [0.717, 1.165) is 33.2 Å². The van der Waals surface area contributed by atoms with Gasteiger partial charge >= 0.3 is 5.97 Å². The van der Waals surface area contributed by atoms with Crippen molar-refractivity contribution in [3.05, 3.63) is 184 Å². The number of nitroso groups, excluding NO2 is 1. The number of esters is 1. The Hall–Kier alpha value is -5.49. The first-order chi connectivity index (χ1) is 28.1. The number of benzene rings is 5. The van der Waals surface area contributed by atoms with E-state index in [4.69, 9.17) is 28.4 Å². The zero-order valence-electron chi connectivity index (χ0n) is 32.0. The molecule has 0 radical (unpaired) electrons. The van der Waals surface area contributed by atoms with Gasteiger partial charge in [-0.2, -0.15) is 0 Å². The molecule has 1 saturated heterocycles. The molecule has 0 spiro atoms. The fourth-order valence-electron chi connectivity index (χ4n) is 7.30. The molecular formula is C47H48N2O8. The second-order valence-electron chi connectivity index (χ2n) is 14.0. The van der Waals surface area contributed by atoms with Crippen LogP contribution in [-0.4, -0.2) is 54.6 Å². The topological polar surface area (TPSA) is 118 Å². The Morgan fingerprint density at radius 2 is 1.14 bits per heavy atom. The van der Waals surface area contributed by atoms with Crippen LogP contribution in [0, 0.1) is 4.91 Å². The van der Waals surface area contributed by atoms with Gasteiger partial charge in [-0.25, -0.2) is 4.79 Å². The van der Waals surface area contributed by atoms with Crippen LogP contribution in [-0.2, 0) is 66.1 Å². The summed E-state index contributed by atoms with van der Waals surface area (Å²) in [6, 6.07) is 46.4. The number of hydrogen-bond acceptors (Lipinski definition) is 9. The number of aromatic nitrogens is 1. The van der Waals surface area contributed by atoms with Gasteiger partial charge in [0.25, 0.3) is 0 Å². The molecule has 1 N–H and O–H groups in total. The second-order valence-corrected chi connectivity index (χ2v) is 14.0. The van der Waals surface area contributed by atoms with Crippen molar-refractivity contribution in [2.75, 3.05) is 13.2 Å². The quantitative estimate of drug-likeness (QED) is 0.0642. The summed E-state index contributed by atoms with van der Waals surface area (Å²) in [5, 5.41) is 4.05. The largest absolute Gasteiger partial charge is 0.464 e. The molecule has 6 atom stereocenters. The van der Waals surface area contributed by atoms with Gasteiger partial charge in [0.1, 0.15) is 30.5 Å². The van der Waals surface area contributed by atoms with Gasteiger partial charge in [-0.05, 0) is 40.8 Å². The number of rotatable bonds is 19. The highest BCUT2D eigenvalue weighted by Crippen LogP contribution is 2.41. The van der Waals surface area contributed by atoms with Crippen molar-refractivity contribution >= 4 is 16.9 Å². The highest BCUT2D eigenvalue weighted by atomic mass is 16.6. The van der Waals surface area contributed by atoms with Crippen LogP contribution < -0.4 is 0 Å². The molecule has 294 valence electrons. The van der Waals surface area contributed by atoms with E-state index in [1.165, 1.54) is 0 Å². The number of H-pyrrole nitrogens is 1.